The van der Waals surface area contributed by atoms with E-state index in [-0.39, 0.29) is 0 Å². The summed E-state index contributed by atoms with van der Waals surface area (Å²) in [7, 11) is 0. The van der Waals surface area contributed by atoms with Gasteiger partial charge in [0, 0.05) is 19.0 Å². The molecule has 2 nitrogen and oxygen atoms in total. The van der Waals surface area contributed by atoms with Crippen molar-refractivity contribution in [3.63, 3.8) is 0 Å². The smallest absolute Gasteiger partial charge is 0.0731 e. The molecule has 1 aromatic rings. The Morgan fingerprint density at radius 2 is 0.861 bits per heavy atom. The molecule has 36 heavy (non-hydrogen) atoms. The molecule has 0 spiro atoms. The van der Waals surface area contributed by atoms with Crippen LogP contribution in [0.15, 0.2) is 24.5 Å². The highest BCUT2D eigenvalue weighted by Gasteiger charge is 1.97. The minimum atomic E-state index is 0.702. The van der Waals surface area contributed by atoms with Gasteiger partial charge < -0.3 is 4.74 Å². The summed E-state index contributed by atoms with van der Waals surface area (Å²) in [5.74, 6) is 0. The third-order valence-corrected chi connectivity index (χ3v) is 7.63. The van der Waals surface area contributed by atoms with E-state index in [0.717, 1.165) is 6.61 Å². The molecule has 1 heterocycles. The third kappa shape index (κ3) is 24.8. The second kappa shape index (κ2) is 28.7. The summed E-state index contributed by atoms with van der Waals surface area (Å²) in [5, 5.41) is 0. The predicted molar refractivity (Wildman–Crippen MR) is 160 cm³/mol. The van der Waals surface area contributed by atoms with Crippen molar-refractivity contribution < 1.29 is 4.74 Å². The van der Waals surface area contributed by atoms with E-state index < -0.39 is 0 Å². The Hall–Kier alpha value is -0.890. The molecule has 0 aliphatic rings. The van der Waals surface area contributed by atoms with Crippen molar-refractivity contribution >= 4 is 0 Å². The Labute approximate surface area is 226 Å². The minimum Gasteiger partial charge on any atom is -0.377 e. The Kier molecular flexibility index (Phi) is 26.4. The molecule has 0 aromatic carbocycles. The molecule has 2 heteroatoms. The lowest BCUT2D eigenvalue weighted by atomic mass is 10.0. The SMILES string of the molecule is CCCCCCCCCCCCCCCCCCCCCCCCCCCCOCc1cccnc1. The summed E-state index contributed by atoms with van der Waals surface area (Å²) in [4.78, 5) is 4.12. The molecular formula is C34H63NO. The molecule has 0 saturated heterocycles. The average molecular weight is 502 g/mol. The first-order chi connectivity index (χ1) is 17.9. The number of hydrogen-bond donors (Lipinski definition) is 0. The number of nitrogens with zero attached hydrogens (tertiary/aromatic N) is 1. The summed E-state index contributed by atoms with van der Waals surface area (Å²) in [5.41, 5.74) is 1.17. The van der Waals surface area contributed by atoms with Crippen LogP contribution in [-0.2, 0) is 11.3 Å². The minimum absolute atomic E-state index is 0.702. The van der Waals surface area contributed by atoms with Gasteiger partial charge in [0.25, 0.3) is 0 Å². The van der Waals surface area contributed by atoms with Gasteiger partial charge in [0.15, 0.2) is 0 Å². The summed E-state index contributed by atoms with van der Waals surface area (Å²) in [6.07, 6.45) is 41.2. The van der Waals surface area contributed by atoms with Crippen LogP contribution >= 0.6 is 0 Å². The molecule has 0 aliphatic carbocycles. The number of aromatic nitrogens is 1. The molecule has 0 fully saturated rings. The van der Waals surface area contributed by atoms with Crippen LogP contribution < -0.4 is 0 Å². The lowest BCUT2D eigenvalue weighted by Gasteiger charge is -2.05. The quantitative estimate of drug-likeness (QED) is 0.102. The van der Waals surface area contributed by atoms with E-state index in [0.29, 0.717) is 6.61 Å². The summed E-state index contributed by atoms with van der Waals surface area (Å²) >= 11 is 0. The Morgan fingerprint density at radius 3 is 1.19 bits per heavy atom. The Morgan fingerprint density at radius 1 is 0.500 bits per heavy atom. The molecule has 0 bridgehead atoms. The lowest BCUT2D eigenvalue weighted by molar-refractivity contribution is 0.116. The van der Waals surface area contributed by atoms with E-state index >= 15 is 0 Å². The molecule has 0 unspecified atom stereocenters. The Balaban J connectivity index is 1.63. The van der Waals surface area contributed by atoms with Crippen molar-refractivity contribution in [2.24, 2.45) is 0 Å². The van der Waals surface area contributed by atoms with Crippen molar-refractivity contribution in [3.05, 3.63) is 30.1 Å². The fourth-order valence-electron chi connectivity index (χ4n) is 5.19. The van der Waals surface area contributed by atoms with Crippen molar-refractivity contribution in [1.29, 1.82) is 0 Å². The predicted octanol–water partition coefficient (Wildman–Crippen LogP) is 11.8. The first-order valence-corrected chi connectivity index (χ1v) is 16.4. The topological polar surface area (TPSA) is 22.1 Å². The normalized spacial score (nSPS) is 11.4. The lowest BCUT2D eigenvalue weighted by Crippen LogP contribution is -1.96. The zero-order valence-electron chi connectivity index (χ0n) is 24.5. The number of pyridine rings is 1. The number of unbranched alkanes of at least 4 members (excludes halogenated alkanes) is 25. The average Bonchev–Trinajstić information content (AvgIpc) is 2.91. The maximum absolute atomic E-state index is 5.73. The van der Waals surface area contributed by atoms with E-state index in [1.807, 2.05) is 18.5 Å². The number of ether oxygens (including phenoxy) is 1. The van der Waals surface area contributed by atoms with Crippen molar-refractivity contribution in [3.8, 4) is 0 Å². The van der Waals surface area contributed by atoms with Gasteiger partial charge in [-0.1, -0.05) is 174 Å². The molecular weight excluding hydrogens is 438 g/mol. The van der Waals surface area contributed by atoms with Gasteiger partial charge in [-0.15, -0.1) is 0 Å². The highest BCUT2D eigenvalue weighted by Crippen LogP contribution is 2.16. The second-order valence-corrected chi connectivity index (χ2v) is 11.3. The van der Waals surface area contributed by atoms with E-state index in [4.69, 9.17) is 4.74 Å². The van der Waals surface area contributed by atoms with Crippen LogP contribution in [0.1, 0.15) is 179 Å². The van der Waals surface area contributed by atoms with Crippen LogP contribution in [0.3, 0.4) is 0 Å². The van der Waals surface area contributed by atoms with Gasteiger partial charge >= 0.3 is 0 Å². The number of rotatable bonds is 29. The molecule has 0 saturated carbocycles. The zero-order chi connectivity index (χ0) is 25.6. The standard InChI is InChI=1S/C34H63NO/c1-2-3-4-5-6-7-8-9-10-11-12-13-14-15-16-17-18-19-20-21-22-23-24-25-26-27-31-36-33-34-29-28-30-35-32-34/h28-30,32H,2-27,31,33H2,1H3. The van der Waals surface area contributed by atoms with Gasteiger partial charge in [-0.2, -0.15) is 0 Å². The van der Waals surface area contributed by atoms with Gasteiger partial charge in [0.05, 0.1) is 6.61 Å². The molecule has 1 rings (SSSR count). The van der Waals surface area contributed by atoms with Crippen LogP contribution in [-0.4, -0.2) is 11.6 Å². The molecule has 1 aromatic heterocycles. The van der Waals surface area contributed by atoms with Crippen molar-refractivity contribution in [2.45, 2.75) is 180 Å². The fourth-order valence-corrected chi connectivity index (χ4v) is 5.19. The zero-order valence-corrected chi connectivity index (χ0v) is 24.5. The maximum atomic E-state index is 5.73. The van der Waals surface area contributed by atoms with Gasteiger partial charge in [-0.05, 0) is 18.1 Å². The monoisotopic (exact) mass is 501 g/mol. The van der Waals surface area contributed by atoms with Crippen LogP contribution in [0.4, 0.5) is 0 Å². The van der Waals surface area contributed by atoms with Crippen LogP contribution in [0.5, 0.6) is 0 Å². The first-order valence-electron chi connectivity index (χ1n) is 16.4. The summed E-state index contributed by atoms with van der Waals surface area (Å²) in [6, 6.07) is 4.05. The fraction of sp³-hybridized carbons (Fsp3) is 0.853. The molecule has 210 valence electrons. The number of hydrogen-bond acceptors (Lipinski definition) is 2. The van der Waals surface area contributed by atoms with Crippen LogP contribution in [0, 0.1) is 0 Å². The van der Waals surface area contributed by atoms with Gasteiger partial charge in [0.1, 0.15) is 0 Å². The molecule has 0 aliphatic heterocycles. The van der Waals surface area contributed by atoms with Crippen molar-refractivity contribution in [2.75, 3.05) is 6.61 Å². The van der Waals surface area contributed by atoms with Gasteiger partial charge in [-0.3, -0.25) is 4.98 Å². The van der Waals surface area contributed by atoms with E-state index in [2.05, 4.69) is 18.0 Å². The molecule has 0 amide bonds. The van der Waals surface area contributed by atoms with Gasteiger partial charge in [0.2, 0.25) is 0 Å². The van der Waals surface area contributed by atoms with E-state index in [1.165, 1.54) is 173 Å². The molecule has 0 N–H and O–H groups in total. The molecule has 0 atom stereocenters. The highest BCUT2D eigenvalue weighted by atomic mass is 16.5. The molecule has 0 radical (unpaired) electrons. The second-order valence-electron chi connectivity index (χ2n) is 11.3. The largest absolute Gasteiger partial charge is 0.377 e. The Bertz CT molecular complexity index is 517. The van der Waals surface area contributed by atoms with Crippen molar-refractivity contribution in [1.82, 2.24) is 4.98 Å². The van der Waals surface area contributed by atoms with Crippen LogP contribution in [0.25, 0.3) is 0 Å². The summed E-state index contributed by atoms with van der Waals surface area (Å²) < 4.78 is 5.73. The highest BCUT2D eigenvalue weighted by molar-refractivity contribution is 5.06. The van der Waals surface area contributed by atoms with E-state index in [1.54, 1.807) is 0 Å². The third-order valence-electron chi connectivity index (χ3n) is 7.63. The summed E-state index contributed by atoms with van der Waals surface area (Å²) in [6.45, 7) is 3.89. The maximum Gasteiger partial charge on any atom is 0.0731 e. The first kappa shape index (κ1) is 33.1. The van der Waals surface area contributed by atoms with Crippen LogP contribution in [0.2, 0.25) is 0 Å². The van der Waals surface area contributed by atoms with Gasteiger partial charge in [-0.25, -0.2) is 0 Å². The van der Waals surface area contributed by atoms with E-state index in [9.17, 15) is 0 Å².